The van der Waals surface area contributed by atoms with Gasteiger partial charge in [-0.05, 0) is 59.8 Å². The van der Waals surface area contributed by atoms with Gasteiger partial charge >= 0.3 is 5.97 Å². The van der Waals surface area contributed by atoms with E-state index in [-0.39, 0.29) is 33.5 Å². The normalized spacial score (nSPS) is 14.5. The van der Waals surface area contributed by atoms with Gasteiger partial charge in [0.05, 0.1) is 29.1 Å². The van der Waals surface area contributed by atoms with Gasteiger partial charge in [0.2, 0.25) is 0 Å². The average molecular weight is 549 g/mol. The van der Waals surface area contributed by atoms with E-state index in [1.807, 2.05) is 0 Å². The molecule has 0 saturated carbocycles. The van der Waals surface area contributed by atoms with Gasteiger partial charge in [-0.15, -0.1) is 0 Å². The van der Waals surface area contributed by atoms with Gasteiger partial charge in [-0.2, -0.15) is 0 Å². The number of ether oxygens (including phenoxy) is 2. The summed E-state index contributed by atoms with van der Waals surface area (Å²) in [4.78, 5) is 39.7. The molecule has 6 nitrogen and oxygen atoms in total. The van der Waals surface area contributed by atoms with Gasteiger partial charge < -0.3 is 9.47 Å². The smallest absolute Gasteiger partial charge is 0.345 e. The molecule has 0 N–H and O–H groups in total. The van der Waals surface area contributed by atoms with E-state index in [4.69, 9.17) is 44.3 Å². The van der Waals surface area contributed by atoms with Crippen molar-refractivity contribution in [2.45, 2.75) is 6.54 Å². The SMILES string of the molecule is COc1cccc(/C=C2\SC(=O)N(Cc3cccc(Cl)c3)C2=O)c1OC(=O)c1ccc(Cl)cc1Cl. The Morgan fingerprint density at radius 3 is 2.46 bits per heavy atom. The summed E-state index contributed by atoms with van der Waals surface area (Å²) in [6, 6.07) is 16.2. The van der Waals surface area contributed by atoms with Crippen LogP contribution in [-0.2, 0) is 11.3 Å². The Hall–Kier alpha value is -2.97. The van der Waals surface area contributed by atoms with Gasteiger partial charge in [0, 0.05) is 15.6 Å². The summed E-state index contributed by atoms with van der Waals surface area (Å²) in [5.74, 6) is -0.872. The van der Waals surface area contributed by atoms with Crippen LogP contribution in [0.1, 0.15) is 21.5 Å². The number of imide groups is 1. The van der Waals surface area contributed by atoms with Crippen LogP contribution in [0.4, 0.5) is 4.79 Å². The van der Waals surface area contributed by atoms with Crippen molar-refractivity contribution in [1.29, 1.82) is 0 Å². The third-order valence-electron chi connectivity index (χ3n) is 4.96. The van der Waals surface area contributed by atoms with Crippen LogP contribution in [0.3, 0.4) is 0 Å². The highest BCUT2D eigenvalue weighted by Gasteiger charge is 2.35. The minimum Gasteiger partial charge on any atom is -0.493 e. The van der Waals surface area contributed by atoms with E-state index in [2.05, 4.69) is 0 Å². The number of amides is 2. The minimum absolute atomic E-state index is 0.0765. The minimum atomic E-state index is -0.736. The molecular formula is C25H16Cl3NO5S. The first-order valence-corrected chi connectivity index (χ1v) is 12.1. The highest BCUT2D eigenvalue weighted by Crippen LogP contribution is 2.38. The van der Waals surface area contributed by atoms with Gasteiger partial charge in [0.25, 0.3) is 11.1 Å². The maximum absolute atomic E-state index is 13.0. The molecule has 3 aromatic carbocycles. The zero-order valence-corrected chi connectivity index (χ0v) is 21.2. The number of nitrogens with zero attached hydrogens (tertiary/aromatic N) is 1. The molecule has 0 atom stereocenters. The summed E-state index contributed by atoms with van der Waals surface area (Å²) in [6.45, 7) is 0.0809. The number of para-hydroxylation sites is 1. The van der Waals surface area contributed by atoms with E-state index >= 15 is 0 Å². The average Bonchev–Trinajstić information content (AvgIpc) is 3.07. The molecule has 3 aromatic rings. The highest BCUT2D eigenvalue weighted by atomic mass is 35.5. The van der Waals surface area contributed by atoms with Crippen LogP contribution in [0.2, 0.25) is 15.1 Å². The molecule has 178 valence electrons. The zero-order valence-electron chi connectivity index (χ0n) is 18.1. The molecule has 0 spiro atoms. The molecule has 0 bridgehead atoms. The summed E-state index contributed by atoms with van der Waals surface area (Å²) in [7, 11) is 1.42. The van der Waals surface area contributed by atoms with E-state index in [0.29, 0.717) is 15.6 Å². The standard InChI is InChI=1S/C25H16Cl3NO5S/c1-33-20-7-3-5-15(22(20)34-24(31)18-9-8-17(27)12-19(18)28)11-21-23(30)29(25(32)35-21)13-14-4-2-6-16(26)10-14/h2-12H,13H2,1H3/b21-11-. The fraction of sp³-hybridized carbons (Fsp3) is 0.0800. The molecule has 1 fully saturated rings. The Bertz CT molecular complexity index is 1370. The Labute approximate surface area is 220 Å². The van der Waals surface area contributed by atoms with Crippen LogP contribution in [0, 0.1) is 0 Å². The summed E-state index contributed by atoms with van der Waals surface area (Å²) in [5.41, 5.74) is 1.20. The van der Waals surface area contributed by atoms with Crippen LogP contribution in [0.5, 0.6) is 11.5 Å². The molecule has 10 heteroatoms. The maximum Gasteiger partial charge on any atom is 0.345 e. The van der Waals surface area contributed by atoms with Crippen LogP contribution < -0.4 is 9.47 Å². The van der Waals surface area contributed by atoms with Gasteiger partial charge in [-0.25, -0.2) is 4.79 Å². The lowest BCUT2D eigenvalue weighted by molar-refractivity contribution is -0.123. The van der Waals surface area contributed by atoms with Crippen molar-refractivity contribution < 1.29 is 23.9 Å². The van der Waals surface area contributed by atoms with E-state index in [9.17, 15) is 14.4 Å². The van der Waals surface area contributed by atoms with Crippen LogP contribution >= 0.6 is 46.6 Å². The lowest BCUT2D eigenvalue weighted by Crippen LogP contribution is -2.27. The summed E-state index contributed by atoms with van der Waals surface area (Å²) < 4.78 is 11.0. The van der Waals surface area contributed by atoms with Gasteiger partial charge in [-0.1, -0.05) is 59.1 Å². The number of hydrogen-bond donors (Lipinski definition) is 0. The lowest BCUT2D eigenvalue weighted by Gasteiger charge is -2.13. The van der Waals surface area contributed by atoms with Crippen molar-refractivity contribution in [2.24, 2.45) is 0 Å². The van der Waals surface area contributed by atoms with Crippen LogP contribution in [-0.4, -0.2) is 29.1 Å². The second kappa shape index (κ2) is 10.7. The van der Waals surface area contributed by atoms with E-state index < -0.39 is 17.1 Å². The molecule has 0 aliphatic carbocycles. The largest absolute Gasteiger partial charge is 0.493 e. The van der Waals surface area contributed by atoms with E-state index in [1.165, 1.54) is 31.4 Å². The molecule has 0 aromatic heterocycles. The number of methoxy groups -OCH3 is 1. The molecule has 0 unspecified atom stereocenters. The molecule has 1 aliphatic rings. The lowest BCUT2D eigenvalue weighted by atomic mass is 10.1. The van der Waals surface area contributed by atoms with Crippen molar-refractivity contribution in [3.63, 3.8) is 0 Å². The summed E-state index contributed by atoms with van der Waals surface area (Å²) in [5, 5.41) is 0.586. The Balaban J connectivity index is 1.64. The molecule has 1 heterocycles. The molecule has 1 saturated heterocycles. The highest BCUT2D eigenvalue weighted by molar-refractivity contribution is 8.18. The third kappa shape index (κ3) is 5.65. The summed E-state index contributed by atoms with van der Waals surface area (Å²) in [6.07, 6.45) is 1.48. The monoisotopic (exact) mass is 547 g/mol. The predicted octanol–water partition coefficient (Wildman–Crippen LogP) is 7.11. The fourth-order valence-corrected chi connectivity index (χ4v) is 4.84. The molecule has 2 amide bonds. The number of thioether (sulfide) groups is 1. The van der Waals surface area contributed by atoms with Crippen LogP contribution in [0.25, 0.3) is 6.08 Å². The first-order valence-electron chi connectivity index (χ1n) is 10.1. The molecular weight excluding hydrogens is 533 g/mol. The van der Waals surface area contributed by atoms with Crippen molar-refractivity contribution in [1.82, 2.24) is 4.90 Å². The molecule has 35 heavy (non-hydrogen) atoms. The Morgan fingerprint density at radius 1 is 1.00 bits per heavy atom. The van der Waals surface area contributed by atoms with Gasteiger partial charge in [0.15, 0.2) is 11.5 Å². The van der Waals surface area contributed by atoms with Gasteiger partial charge in [0.1, 0.15) is 0 Å². The molecule has 0 radical (unpaired) electrons. The number of benzene rings is 3. The van der Waals surface area contributed by atoms with Crippen molar-refractivity contribution in [2.75, 3.05) is 7.11 Å². The topological polar surface area (TPSA) is 72.9 Å². The van der Waals surface area contributed by atoms with Crippen molar-refractivity contribution in [3.05, 3.63) is 97.3 Å². The quantitative estimate of drug-likeness (QED) is 0.186. The Morgan fingerprint density at radius 2 is 1.74 bits per heavy atom. The zero-order chi connectivity index (χ0) is 25.1. The second-order valence-corrected chi connectivity index (χ2v) is 9.56. The third-order valence-corrected chi connectivity index (χ3v) is 6.66. The fourth-order valence-electron chi connectivity index (χ4n) is 3.31. The maximum atomic E-state index is 13.0. The first-order chi connectivity index (χ1) is 16.8. The summed E-state index contributed by atoms with van der Waals surface area (Å²) >= 11 is 18.9. The molecule has 4 rings (SSSR count). The van der Waals surface area contributed by atoms with E-state index in [1.54, 1.807) is 42.5 Å². The van der Waals surface area contributed by atoms with Crippen molar-refractivity contribution in [3.8, 4) is 11.5 Å². The van der Waals surface area contributed by atoms with Gasteiger partial charge in [-0.3, -0.25) is 14.5 Å². The number of hydrogen-bond acceptors (Lipinski definition) is 6. The number of rotatable bonds is 6. The molecule has 1 aliphatic heterocycles. The number of carbonyl (C=O) groups excluding carboxylic acids is 3. The van der Waals surface area contributed by atoms with Crippen LogP contribution in [0.15, 0.2) is 65.6 Å². The first kappa shape index (κ1) is 25.1. The van der Waals surface area contributed by atoms with Crippen molar-refractivity contribution >= 4 is 69.8 Å². The van der Waals surface area contributed by atoms with E-state index in [0.717, 1.165) is 22.2 Å². The predicted molar refractivity (Wildman–Crippen MR) is 137 cm³/mol. The number of halogens is 3. The number of carbonyl (C=O) groups is 3. The Kier molecular flexibility index (Phi) is 7.72. The number of esters is 1. The second-order valence-electron chi connectivity index (χ2n) is 7.29.